The molecule has 1 atom stereocenters. The molecule has 1 aliphatic rings. The van der Waals surface area contributed by atoms with E-state index in [-0.39, 0.29) is 18.1 Å². The highest BCUT2D eigenvalue weighted by Gasteiger charge is 2.49. The van der Waals surface area contributed by atoms with E-state index in [4.69, 9.17) is 9.47 Å². The molecule has 1 unspecified atom stereocenters. The molecule has 0 heterocycles. The summed E-state index contributed by atoms with van der Waals surface area (Å²) in [6, 6.07) is 4.10. The van der Waals surface area contributed by atoms with Gasteiger partial charge in [-0.1, -0.05) is 6.07 Å². The number of aliphatic hydroxyl groups excluding tert-OH is 1. The predicted octanol–water partition coefficient (Wildman–Crippen LogP) is 2.05. The fraction of sp³-hybridized carbons (Fsp3) is 0.600. The van der Waals surface area contributed by atoms with Crippen molar-refractivity contribution in [1.29, 1.82) is 0 Å². The van der Waals surface area contributed by atoms with Crippen molar-refractivity contribution < 1.29 is 14.6 Å². The first-order valence-electron chi connectivity index (χ1n) is 6.63. The van der Waals surface area contributed by atoms with Crippen LogP contribution in [0.4, 0.5) is 0 Å². The van der Waals surface area contributed by atoms with Crippen LogP contribution in [0.2, 0.25) is 0 Å². The number of hydrogen-bond donors (Lipinski definition) is 2. The van der Waals surface area contributed by atoms with Gasteiger partial charge in [0.25, 0.3) is 0 Å². The average Bonchev–Trinajstić information content (AvgIpc) is 3.21. The van der Waals surface area contributed by atoms with Crippen molar-refractivity contribution in [3.05, 3.63) is 23.3 Å². The number of ether oxygens (including phenoxy) is 2. The Labute approximate surface area is 114 Å². The lowest BCUT2D eigenvalue weighted by molar-refractivity contribution is 0.173. The molecule has 0 radical (unpaired) electrons. The zero-order valence-electron chi connectivity index (χ0n) is 12.1. The second-order valence-electron chi connectivity index (χ2n) is 5.26. The van der Waals surface area contributed by atoms with Gasteiger partial charge in [0.1, 0.15) is 11.5 Å². The molecule has 106 valence electrons. The highest BCUT2D eigenvalue weighted by molar-refractivity contribution is 5.51. The number of methoxy groups -OCH3 is 2. The van der Waals surface area contributed by atoms with Crippen molar-refractivity contribution in [2.24, 2.45) is 5.41 Å². The van der Waals surface area contributed by atoms with Crippen LogP contribution in [0.3, 0.4) is 0 Å². The van der Waals surface area contributed by atoms with Gasteiger partial charge in [0.05, 0.1) is 20.8 Å². The molecule has 0 amide bonds. The minimum atomic E-state index is -0.0386. The number of aliphatic hydroxyl groups is 1. The van der Waals surface area contributed by atoms with Gasteiger partial charge in [-0.3, -0.25) is 0 Å². The third-order valence-corrected chi connectivity index (χ3v) is 4.23. The standard InChI is InChI=1S/C15H23NO3/c1-10-12(18-3)6-5-11(13(10)19-4)14(16-2)15(9-17)7-8-15/h5-6,14,16-17H,7-9H2,1-4H3. The van der Waals surface area contributed by atoms with Crippen molar-refractivity contribution in [2.45, 2.75) is 25.8 Å². The molecular weight excluding hydrogens is 242 g/mol. The first-order valence-corrected chi connectivity index (χ1v) is 6.63. The molecule has 0 aliphatic heterocycles. The van der Waals surface area contributed by atoms with Gasteiger partial charge in [-0.2, -0.15) is 0 Å². The van der Waals surface area contributed by atoms with E-state index in [1.165, 1.54) is 0 Å². The van der Waals surface area contributed by atoms with E-state index in [0.717, 1.165) is 35.5 Å². The Hall–Kier alpha value is -1.26. The highest BCUT2D eigenvalue weighted by Crippen LogP contribution is 2.56. The highest BCUT2D eigenvalue weighted by atomic mass is 16.5. The summed E-state index contributed by atoms with van der Waals surface area (Å²) in [5, 5.41) is 13.0. The summed E-state index contributed by atoms with van der Waals surface area (Å²) >= 11 is 0. The summed E-state index contributed by atoms with van der Waals surface area (Å²) in [5.74, 6) is 1.67. The Bertz CT molecular complexity index is 455. The Morgan fingerprint density at radius 2 is 2.00 bits per heavy atom. The van der Waals surface area contributed by atoms with Crippen molar-refractivity contribution in [1.82, 2.24) is 5.32 Å². The Kier molecular flexibility index (Phi) is 4.02. The number of rotatable bonds is 6. The van der Waals surface area contributed by atoms with Crippen LogP contribution >= 0.6 is 0 Å². The van der Waals surface area contributed by atoms with Crippen LogP contribution in [0.5, 0.6) is 11.5 Å². The summed E-state index contributed by atoms with van der Waals surface area (Å²) in [6.45, 7) is 2.19. The van der Waals surface area contributed by atoms with Gasteiger partial charge in [0.2, 0.25) is 0 Å². The lowest BCUT2D eigenvalue weighted by Gasteiger charge is -2.28. The third kappa shape index (κ3) is 2.30. The predicted molar refractivity (Wildman–Crippen MR) is 74.8 cm³/mol. The molecule has 1 aromatic rings. The average molecular weight is 265 g/mol. The van der Waals surface area contributed by atoms with Gasteiger partial charge >= 0.3 is 0 Å². The Morgan fingerprint density at radius 1 is 1.32 bits per heavy atom. The monoisotopic (exact) mass is 265 g/mol. The fourth-order valence-corrected chi connectivity index (χ4v) is 2.90. The lowest BCUT2D eigenvalue weighted by Crippen LogP contribution is -2.29. The fourth-order valence-electron chi connectivity index (χ4n) is 2.90. The minimum absolute atomic E-state index is 0.0386. The zero-order chi connectivity index (χ0) is 14.0. The topological polar surface area (TPSA) is 50.7 Å². The molecule has 19 heavy (non-hydrogen) atoms. The lowest BCUT2D eigenvalue weighted by atomic mass is 9.89. The molecule has 0 bridgehead atoms. The maximum Gasteiger partial charge on any atom is 0.130 e. The first kappa shape index (κ1) is 14.2. The molecule has 0 aromatic heterocycles. The van der Waals surface area contributed by atoms with E-state index in [2.05, 4.69) is 5.32 Å². The summed E-state index contributed by atoms with van der Waals surface area (Å²) in [6.07, 6.45) is 2.09. The smallest absolute Gasteiger partial charge is 0.130 e. The summed E-state index contributed by atoms with van der Waals surface area (Å²) < 4.78 is 10.9. The molecule has 2 N–H and O–H groups in total. The minimum Gasteiger partial charge on any atom is -0.496 e. The molecule has 1 aliphatic carbocycles. The van der Waals surface area contributed by atoms with Crippen molar-refractivity contribution in [2.75, 3.05) is 27.9 Å². The van der Waals surface area contributed by atoms with Gasteiger partial charge in [-0.05, 0) is 32.9 Å². The quantitative estimate of drug-likeness (QED) is 0.826. The van der Waals surface area contributed by atoms with E-state index in [1.807, 2.05) is 26.1 Å². The SMILES string of the molecule is CNC(c1ccc(OC)c(C)c1OC)C1(CO)CC1. The van der Waals surface area contributed by atoms with Crippen LogP contribution in [0, 0.1) is 12.3 Å². The van der Waals surface area contributed by atoms with Gasteiger partial charge in [-0.15, -0.1) is 0 Å². The second kappa shape index (κ2) is 5.39. The van der Waals surface area contributed by atoms with Crippen LogP contribution in [0.25, 0.3) is 0 Å². The van der Waals surface area contributed by atoms with E-state index in [1.54, 1.807) is 14.2 Å². The molecule has 4 nitrogen and oxygen atoms in total. The molecule has 0 saturated heterocycles. The summed E-state index contributed by atoms with van der Waals surface area (Å²) in [5.41, 5.74) is 2.05. The van der Waals surface area contributed by atoms with Gasteiger partial charge in [0.15, 0.2) is 0 Å². The maximum atomic E-state index is 9.65. The number of nitrogens with one attached hydrogen (secondary N) is 1. The third-order valence-electron chi connectivity index (χ3n) is 4.23. The van der Waals surface area contributed by atoms with Crippen molar-refractivity contribution in [3.63, 3.8) is 0 Å². The summed E-state index contributed by atoms with van der Waals surface area (Å²) in [7, 11) is 5.27. The van der Waals surface area contributed by atoms with E-state index in [9.17, 15) is 5.11 Å². The molecule has 1 saturated carbocycles. The van der Waals surface area contributed by atoms with Crippen LogP contribution < -0.4 is 14.8 Å². The second-order valence-corrected chi connectivity index (χ2v) is 5.26. The van der Waals surface area contributed by atoms with E-state index >= 15 is 0 Å². The van der Waals surface area contributed by atoms with Crippen molar-refractivity contribution >= 4 is 0 Å². The van der Waals surface area contributed by atoms with Crippen LogP contribution in [0.15, 0.2) is 12.1 Å². The number of hydrogen-bond acceptors (Lipinski definition) is 4. The molecule has 0 spiro atoms. The molecule has 1 aromatic carbocycles. The maximum absolute atomic E-state index is 9.65. The van der Waals surface area contributed by atoms with E-state index < -0.39 is 0 Å². The van der Waals surface area contributed by atoms with Crippen LogP contribution in [-0.4, -0.2) is 33.0 Å². The van der Waals surface area contributed by atoms with Gasteiger partial charge in [0, 0.05) is 22.6 Å². The molecule has 1 fully saturated rings. The zero-order valence-corrected chi connectivity index (χ0v) is 12.1. The van der Waals surface area contributed by atoms with Crippen LogP contribution in [-0.2, 0) is 0 Å². The van der Waals surface area contributed by atoms with Crippen molar-refractivity contribution in [3.8, 4) is 11.5 Å². The first-order chi connectivity index (χ1) is 9.13. The van der Waals surface area contributed by atoms with Gasteiger partial charge < -0.3 is 19.9 Å². The van der Waals surface area contributed by atoms with Crippen LogP contribution in [0.1, 0.15) is 30.0 Å². The number of benzene rings is 1. The van der Waals surface area contributed by atoms with Gasteiger partial charge in [-0.25, -0.2) is 0 Å². The molecular formula is C15H23NO3. The summed E-state index contributed by atoms with van der Waals surface area (Å²) in [4.78, 5) is 0. The largest absolute Gasteiger partial charge is 0.496 e. The van der Waals surface area contributed by atoms with E-state index in [0.29, 0.717) is 0 Å². The molecule has 4 heteroatoms. The normalized spacial score (nSPS) is 17.9. The Morgan fingerprint density at radius 3 is 2.42 bits per heavy atom. The Balaban J connectivity index is 2.46. The molecule has 2 rings (SSSR count).